The summed E-state index contributed by atoms with van der Waals surface area (Å²) in [5.41, 5.74) is 8.55. The van der Waals surface area contributed by atoms with Crippen LogP contribution in [0.2, 0.25) is 0 Å². The lowest BCUT2D eigenvalue weighted by Gasteiger charge is -2.13. The molecule has 0 aliphatic heterocycles. The number of imidazole rings is 1. The number of benzene rings is 2. The Hall–Kier alpha value is -4.58. The molecule has 9 nitrogen and oxygen atoms in total. The van der Waals surface area contributed by atoms with E-state index in [-0.39, 0.29) is 17.2 Å². The molecule has 0 saturated heterocycles. The van der Waals surface area contributed by atoms with Crippen molar-refractivity contribution in [2.45, 2.75) is 19.9 Å². The van der Waals surface area contributed by atoms with Crippen molar-refractivity contribution in [2.75, 3.05) is 18.2 Å². The molecule has 2 aromatic carbocycles. The predicted octanol–water partition coefficient (Wildman–Crippen LogP) is 4.96. The Morgan fingerprint density at radius 2 is 1.97 bits per heavy atom. The summed E-state index contributed by atoms with van der Waals surface area (Å²) in [6, 6.07) is 8.18. The number of aromatic nitrogens is 4. The third-order valence-electron chi connectivity index (χ3n) is 5.96. The lowest BCUT2D eigenvalue weighted by molar-refractivity contribution is 0.0950. The fraction of sp³-hybridized carbons (Fsp3) is 0.154. The van der Waals surface area contributed by atoms with Crippen molar-refractivity contribution in [3.8, 4) is 17.0 Å². The van der Waals surface area contributed by atoms with Crippen molar-refractivity contribution in [1.82, 2.24) is 24.7 Å². The molecule has 0 fully saturated rings. The number of carbonyl (C=O) groups excluding carboxylic acids is 1. The van der Waals surface area contributed by atoms with Gasteiger partial charge in [0.1, 0.15) is 0 Å². The minimum Gasteiger partial charge on any atom is -0.494 e. The molecule has 1 amide bonds. The fourth-order valence-corrected chi connectivity index (χ4v) is 4.71. The van der Waals surface area contributed by atoms with Gasteiger partial charge in [-0.15, -0.1) is 11.3 Å². The van der Waals surface area contributed by atoms with Crippen LogP contribution in [0, 0.1) is 11.6 Å². The Kier molecular flexibility index (Phi) is 6.88. The number of halogens is 2. The number of nitrogens with zero attached hydrogens (tertiary/aromatic N) is 4. The standard InChI is InChI=1S/C26H23F2N7O2S/c1-3-14-10-15(4-5-17(14)25(36)32-11-16-12-33-26(29)38-16)34-23-24-31-13-19(35(24)9-8-30-23)18-6-7-20(37-2)22(28)21(18)27/h4-10,12-13H,3,11H2,1-2H3,(H2,29,33)(H,30,34)(H,32,36). The van der Waals surface area contributed by atoms with Gasteiger partial charge in [0.05, 0.1) is 25.5 Å². The molecular weight excluding hydrogens is 512 g/mol. The van der Waals surface area contributed by atoms with Crippen LogP contribution in [0.15, 0.2) is 55.1 Å². The molecular formula is C26H23F2N7O2S. The van der Waals surface area contributed by atoms with Gasteiger partial charge in [-0.2, -0.15) is 4.39 Å². The largest absolute Gasteiger partial charge is 0.494 e. The minimum absolute atomic E-state index is 0.0394. The van der Waals surface area contributed by atoms with Gasteiger partial charge < -0.3 is 21.1 Å². The molecule has 0 saturated carbocycles. The topological polar surface area (TPSA) is 119 Å². The zero-order valence-electron chi connectivity index (χ0n) is 20.5. The van der Waals surface area contributed by atoms with E-state index in [0.717, 1.165) is 10.4 Å². The number of hydrogen-bond donors (Lipinski definition) is 3. The number of nitrogen functional groups attached to an aromatic ring is 1. The van der Waals surface area contributed by atoms with Crippen LogP contribution >= 0.6 is 11.3 Å². The van der Waals surface area contributed by atoms with Gasteiger partial charge in [0, 0.05) is 40.3 Å². The molecule has 5 rings (SSSR count). The molecule has 0 radical (unpaired) electrons. The molecule has 0 unspecified atom stereocenters. The molecule has 4 N–H and O–H groups in total. The number of fused-ring (bicyclic) bond motifs is 1. The average molecular weight is 536 g/mol. The van der Waals surface area contributed by atoms with Crippen molar-refractivity contribution in [3.05, 3.63) is 82.8 Å². The van der Waals surface area contributed by atoms with E-state index in [1.807, 2.05) is 13.0 Å². The summed E-state index contributed by atoms with van der Waals surface area (Å²) in [5, 5.41) is 6.57. The van der Waals surface area contributed by atoms with E-state index in [1.54, 1.807) is 28.9 Å². The van der Waals surface area contributed by atoms with Gasteiger partial charge in [-0.1, -0.05) is 6.92 Å². The van der Waals surface area contributed by atoms with Gasteiger partial charge in [0.2, 0.25) is 5.82 Å². The number of carbonyl (C=O) groups is 1. The van der Waals surface area contributed by atoms with Gasteiger partial charge in [-0.05, 0) is 42.3 Å². The number of anilines is 3. The second-order valence-corrected chi connectivity index (χ2v) is 9.40. The first kappa shape index (κ1) is 25.1. The Morgan fingerprint density at radius 3 is 2.71 bits per heavy atom. The van der Waals surface area contributed by atoms with E-state index < -0.39 is 11.6 Å². The third-order valence-corrected chi connectivity index (χ3v) is 6.79. The Balaban J connectivity index is 1.40. The molecule has 5 aromatic rings. The Labute approximate surface area is 220 Å². The average Bonchev–Trinajstić information content (AvgIpc) is 3.55. The first-order valence-electron chi connectivity index (χ1n) is 11.6. The molecule has 3 heterocycles. The highest BCUT2D eigenvalue weighted by Gasteiger charge is 2.19. The molecule has 0 spiro atoms. The number of methoxy groups -OCH3 is 1. The van der Waals surface area contributed by atoms with Crippen LogP contribution in [0.25, 0.3) is 16.9 Å². The van der Waals surface area contributed by atoms with E-state index >= 15 is 0 Å². The van der Waals surface area contributed by atoms with Gasteiger partial charge >= 0.3 is 0 Å². The van der Waals surface area contributed by atoms with Crippen LogP contribution in [0.5, 0.6) is 5.75 Å². The van der Waals surface area contributed by atoms with Gasteiger partial charge in [0.15, 0.2) is 28.2 Å². The Bertz CT molecular complexity index is 1650. The summed E-state index contributed by atoms with van der Waals surface area (Å²) in [5.74, 6) is -2.07. The normalized spacial score (nSPS) is 11.1. The Morgan fingerprint density at radius 1 is 1.13 bits per heavy atom. The van der Waals surface area contributed by atoms with Crippen molar-refractivity contribution >= 4 is 39.5 Å². The molecule has 12 heteroatoms. The summed E-state index contributed by atoms with van der Waals surface area (Å²) >= 11 is 1.32. The summed E-state index contributed by atoms with van der Waals surface area (Å²) in [6.07, 6.45) is 6.87. The highest BCUT2D eigenvalue weighted by Crippen LogP contribution is 2.31. The van der Waals surface area contributed by atoms with E-state index in [9.17, 15) is 13.6 Å². The molecule has 0 bridgehead atoms. The first-order chi connectivity index (χ1) is 18.4. The third kappa shape index (κ3) is 4.73. The maximum Gasteiger partial charge on any atom is 0.251 e. The lowest BCUT2D eigenvalue weighted by Crippen LogP contribution is -2.23. The first-order valence-corrected chi connectivity index (χ1v) is 12.4. The molecule has 0 aliphatic rings. The number of ether oxygens (including phenoxy) is 1. The maximum atomic E-state index is 14.8. The maximum absolute atomic E-state index is 14.8. The number of amides is 1. The monoisotopic (exact) mass is 535 g/mol. The van der Waals surface area contributed by atoms with Crippen LogP contribution in [-0.4, -0.2) is 32.4 Å². The highest BCUT2D eigenvalue weighted by molar-refractivity contribution is 7.15. The van der Waals surface area contributed by atoms with Gasteiger partial charge in [0.25, 0.3) is 5.91 Å². The van der Waals surface area contributed by atoms with Crippen molar-refractivity contribution < 1.29 is 18.3 Å². The van der Waals surface area contributed by atoms with Crippen molar-refractivity contribution in [2.24, 2.45) is 0 Å². The van der Waals surface area contributed by atoms with Crippen LogP contribution in [0.3, 0.4) is 0 Å². The summed E-state index contributed by atoms with van der Waals surface area (Å²) < 4.78 is 35.6. The number of hydrogen-bond acceptors (Lipinski definition) is 8. The van der Waals surface area contributed by atoms with E-state index in [0.29, 0.717) is 46.5 Å². The van der Waals surface area contributed by atoms with E-state index in [4.69, 9.17) is 10.5 Å². The van der Waals surface area contributed by atoms with Gasteiger partial charge in [-0.25, -0.2) is 19.3 Å². The fourth-order valence-electron chi connectivity index (χ4n) is 4.08. The van der Waals surface area contributed by atoms with E-state index in [2.05, 4.69) is 25.6 Å². The summed E-state index contributed by atoms with van der Waals surface area (Å²) in [4.78, 5) is 26.4. The lowest BCUT2D eigenvalue weighted by atomic mass is 10.0. The number of aryl methyl sites for hydroxylation is 1. The predicted molar refractivity (Wildman–Crippen MR) is 142 cm³/mol. The molecule has 3 aromatic heterocycles. The molecule has 0 atom stereocenters. The number of thiazole rings is 1. The second-order valence-electron chi connectivity index (χ2n) is 8.25. The minimum atomic E-state index is -1.07. The van der Waals surface area contributed by atoms with Crippen molar-refractivity contribution in [3.63, 3.8) is 0 Å². The molecule has 0 aliphatic carbocycles. The number of nitrogens with one attached hydrogen (secondary N) is 2. The van der Waals surface area contributed by atoms with E-state index in [1.165, 1.54) is 43.0 Å². The zero-order chi connectivity index (χ0) is 26.8. The quantitative estimate of drug-likeness (QED) is 0.257. The summed E-state index contributed by atoms with van der Waals surface area (Å²) in [6.45, 7) is 2.30. The van der Waals surface area contributed by atoms with Crippen LogP contribution in [0.1, 0.15) is 27.7 Å². The van der Waals surface area contributed by atoms with Crippen LogP contribution in [0.4, 0.5) is 25.4 Å². The van der Waals surface area contributed by atoms with Crippen LogP contribution < -0.4 is 21.1 Å². The number of rotatable bonds is 8. The molecule has 194 valence electrons. The highest BCUT2D eigenvalue weighted by atomic mass is 32.1. The summed E-state index contributed by atoms with van der Waals surface area (Å²) in [7, 11) is 1.28. The van der Waals surface area contributed by atoms with Gasteiger partial charge in [-0.3, -0.25) is 9.20 Å². The zero-order valence-corrected chi connectivity index (χ0v) is 21.3. The number of nitrogens with two attached hydrogens (primary N) is 1. The van der Waals surface area contributed by atoms with Crippen LogP contribution in [-0.2, 0) is 13.0 Å². The SMILES string of the molecule is CCc1cc(Nc2nccn3c(-c4ccc(OC)c(F)c4F)cnc23)ccc1C(=O)NCc1cnc(N)s1. The second kappa shape index (κ2) is 10.4. The smallest absolute Gasteiger partial charge is 0.251 e. The van der Waals surface area contributed by atoms with Crippen molar-refractivity contribution in [1.29, 1.82) is 0 Å². The molecule has 38 heavy (non-hydrogen) atoms.